The minimum Gasteiger partial charge on any atom is -0.129 e. The zero-order valence-corrected chi connectivity index (χ0v) is 11.6. The zero-order valence-electron chi connectivity index (χ0n) is 9.11. The molecule has 0 aliphatic carbocycles. The van der Waals surface area contributed by atoms with Crippen molar-refractivity contribution in [3.8, 4) is 0 Å². The molecule has 1 aromatic carbocycles. The molecule has 0 saturated heterocycles. The van der Waals surface area contributed by atoms with Gasteiger partial charge < -0.3 is 0 Å². The van der Waals surface area contributed by atoms with E-state index in [0.717, 1.165) is 4.20 Å². The maximum Gasteiger partial charge on any atom is 0.0743 e. The molecule has 0 aliphatic heterocycles. The summed E-state index contributed by atoms with van der Waals surface area (Å²) in [6.07, 6.45) is 4.11. The second-order valence-corrected chi connectivity index (χ2v) is 5.32. The lowest BCUT2D eigenvalue weighted by Crippen LogP contribution is -1.93. The molecule has 0 atom stereocenters. The summed E-state index contributed by atoms with van der Waals surface area (Å²) < 4.78 is 0.975. The summed E-state index contributed by atoms with van der Waals surface area (Å²) in [7, 11) is 0. The van der Waals surface area contributed by atoms with Gasteiger partial charge in [0, 0.05) is 4.91 Å². The SMILES string of the molecule is CSC(=S)/C(C)=C(\SC)c1ccccc1. The summed E-state index contributed by atoms with van der Waals surface area (Å²) in [6.45, 7) is 2.09. The maximum absolute atomic E-state index is 5.31. The Morgan fingerprint density at radius 1 is 1.07 bits per heavy atom. The Labute approximate surface area is 106 Å². The Morgan fingerprint density at radius 2 is 1.67 bits per heavy atom. The fraction of sp³-hybridized carbons (Fsp3) is 0.250. The molecule has 0 radical (unpaired) electrons. The van der Waals surface area contributed by atoms with E-state index < -0.39 is 0 Å². The van der Waals surface area contributed by atoms with Crippen LogP contribution in [0.15, 0.2) is 35.9 Å². The highest BCUT2D eigenvalue weighted by atomic mass is 32.2. The minimum absolute atomic E-state index is 0.975. The van der Waals surface area contributed by atoms with Crippen molar-refractivity contribution in [2.75, 3.05) is 12.5 Å². The van der Waals surface area contributed by atoms with Crippen LogP contribution in [0.3, 0.4) is 0 Å². The molecule has 0 bridgehead atoms. The minimum atomic E-state index is 0.975. The Hall–Kier alpha value is -0.250. The van der Waals surface area contributed by atoms with E-state index in [1.54, 1.807) is 23.5 Å². The first-order chi connectivity index (χ1) is 7.20. The lowest BCUT2D eigenvalue weighted by atomic mass is 10.1. The molecule has 0 spiro atoms. The van der Waals surface area contributed by atoms with Crippen LogP contribution in [-0.2, 0) is 0 Å². The van der Waals surface area contributed by atoms with Gasteiger partial charge in [-0.3, -0.25) is 0 Å². The van der Waals surface area contributed by atoms with Crippen LogP contribution >= 0.6 is 35.7 Å². The third-order valence-electron chi connectivity index (χ3n) is 2.07. The van der Waals surface area contributed by atoms with Crippen LogP contribution in [0.4, 0.5) is 0 Å². The average Bonchev–Trinajstić information content (AvgIpc) is 2.30. The molecule has 0 aromatic heterocycles. The highest BCUT2D eigenvalue weighted by Gasteiger charge is 2.07. The molecule has 0 aliphatic rings. The van der Waals surface area contributed by atoms with Gasteiger partial charge in [0.2, 0.25) is 0 Å². The summed E-state index contributed by atoms with van der Waals surface area (Å²) in [6, 6.07) is 10.4. The molecule has 0 heterocycles. The van der Waals surface area contributed by atoms with Crippen molar-refractivity contribution in [1.82, 2.24) is 0 Å². The fourth-order valence-corrected chi connectivity index (χ4v) is 2.74. The van der Waals surface area contributed by atoms with Crippen LogP contribution in [-0.4, -0.2) is 16.7 Å². The molecule has 0 N–H and O–H groups in total. The van der Waals surface area contributed by atoms with Crippen molar-refractivity contribution in [2.45, 2.75) is 6.92 Å². The number of rotatable bonds is 3. The largest absolute Gasteiger partial charge is 0.129 e. The van der Waals surface area contributed by atoms with Crippen molar-refractivity contribution in [3.05, 3.63) is 41.5 Å². The molecule has 1 rings (SSSR count). The van der Waals surface area contributed by atoms with Crippen molar-refractivity contribution in [3.63, 3.8) is 0 Å². The Bertz CT molecular complexity index is 366. The van der Waals surface area contributed by atoms with Gasteiger partial charge in [-0.15, -0.1) is 23.5 Å². The van der Waals surface area contributed by atoms with Gasteiger partial charge in [-0.2, -0.15) is 0 Å². The maximum atomic E-state index is 5.31. The van der Waals surface area contributed by atoms with E-state index >= 15 is 0 Å². The first-order valence-electron chi connectivity index (χ1n) is 4.59. The van der Waals surface area contributed by atoms with Crippen LogP contribution in [0, 0.1) is 0 Å². The van der Waals surface area contributed by atoms with Gasteiger partial charge in [-0.1, -0.05) is 42.5 Å². The standard InChI is InChI=1S/C12H14S3/c1-9(12(13)15-3)11(14-2)10-7-5-4-6-8-10/h4-8H,1-3H3/b11-9-. The monoisotopic (exact) mass is 254 g/mol. The lowest BCUT2D eigenvalue weighted by Gasteiger charge is -2.09. The third kappa shape index (κ3) is 3.37. The van der Waals surface area contributed by atoms with Crippen molar-refractivity contribution in [2.24, 2.45) is 0 Å². The number of thiocarbonyl (C=S) groups is 1. The van der Waals surface area contributed by atoms with Crippen LogP contribution < -0.4 is 0 Å². The van der Waals surface area contributed by atoms with Crippen LogP contribution in [0.25, 0.3) is 4.91 Å². The van der Waals surface area contributed by atoms with Gasteiger partial charge in [-0.05, 0) is 30.6 Å². The number of thioether (sulfide) groups is 2. The second kappa shape index (κ2) is 6.36. The van der Waals surface area contributed by atoms with Gasteiger partial charge in [0.05, 0.1) is 4.20 Å². The Morgan fingerprint density at radius 3 is 2.13 bits per heavy atom. The fourth-order valence-electron chi connectivity index (χ4n) is 1.32. The molecule has 0 unspecified atom stereocenters. The van der Waals surface area contributed by atoms with E-state index in [-0.39, 0.29) is 0 Å². The summed E-state index contributed by atoms with van der Waals surface area (Å²) in [5.41, 5.74) is 2.45. The highest BCUT2D eigenvalue weighted by molar-refractivity contribution is 8.23. The molecule has 0 amide bonds. The molecule has 3 heteroatoms. The first kappa shape index (κ1) is 12.8. The predicted octanol–water partition coefficient (Wildman–Crippen LogP) is 4.47. The van der Waals surface area contributed by atoms with E-state index in [4.69, 9.17) is 12.2 Å². The van der Waals surface area contributed by atoms with Gasteiger partial charge in [0.15, 0.2) is 0 Å². The summed E-state index contributed by atoms with van der Waals surface area (Å²) >= 11 is 8.70. The average molecular weight is 254 g/mol. The number of hydrogen-bond donors (Lipinski definition) is 0. The third-order valence-corrected chi connectivity index (χ3v) is 4.51. The van der Waals surface area contributed by atoms with Gasteiger partial charge >= 0.3 is 0 Å². The van der Waals surface area contributed by atoms with Gasteiger partial charge in [-0.25, -0.2) is 0 Å². The van der Waals surface area contributed by atoms with E-state index in [1.807, 2.05) is 12.3 Å². The second-order valence-electron chi connectivity index (χ2n) is 3.02. The quantitative estimate of drug-likeness (QED) is 0.577. The summed E-state index contributed by atoms with van der Waals surface area (Å²) in [5, 5.41) is 0. The molecule has 1 aromatic rings. The van der Waals surface area contributed by atoms with E-state index in [0.29, 0.717) is 0 Å². The Balaban J connectivity index is 3.13. The predicted molar refractivity (Wildman–Crippen MR) is 78.7 cm³/mol. The molecule has 0 fully saturated rings. The summed E-state index contributed by atoms with van der Waals surface area (Å²) in [5.74, 6) is 0. The lowest BCUT2D eigenvalue weighted by molar-refractivity contribution is 1.60. The summed E-state index contributed by atoms with van der Waals surface area (Å²) in [4.78, 5) is 1.27. The van der Waals surface area contributed by atoms with E-state index in [2.05, 4.69) is 37.4 Å². The molecule has 0 nitrogen and oxygen atoms in total. The Kier molecular flexibility index (Phi) is 5.43. The molecule has 0 saturated carbocycles. The van der Waals surface area contributed by atoms with Crippen LogP contribution in [0.1, 0.15) is 12.5 Å². The zero-order chi connectivity index (χ0) is 11.3. The van der Waals surface area contributed by atoms with Gasteiger partial charge in [0.25, 0.3) is 0 Å². The highest BCUT2D eigenvalue weighted by Crippen LogP contribution is 2.30. The molecular formula is C12H14S3. The molecular weight excluding hydrogens is 240 g/mol. The van der Waals surface area contributed by atoms with Crippen LogP contribution in [0.2, 0.25) is 0 Å². The normalized spacial score (nSPS) is 12.2. The van der Waals surface area contributed by atoms with Crippen molar-refractivity contribution < 1.29 is 0 Å². The van der Waals surface area contributed by atoms with Crippen molar-refractivity contribution >= 4 is 44.8 Å². The molecule has 80 valence electrons. The van der Waals surface area contributed by atoms with Crippen LogP contribution in [0.5, 0.6) is 0 Å². The van der Waals surface area contributed by atoms with Gasteiger partial charge in [0.1, 0.15) is 0 Å². The number of hydrogen-bond acceptors (Lipinski definition) is 3. The number of benzene rings is 1. The van der Waals surface area contributed by atoms with Crippen molar-refractivity contribution in [1.29, 1.82) is 0 Å². The smallest absolute Gasteiger partial charge is 0.0743 e. The topological polar surface area (TPSA) is 0 Å². The van der Waals surface area contributed by atoms with E-state index in [9.17, 15) is 0 Å². The first-order valence-corrected chi connectivity index (χ1v) is 7.45. The van der Waals surface area contributed by atoms with E-state index in [1.165, 1.54) is 16.0 Å². The molecule has 15 heavy (non-hydrogen) atoms.